The van der Waals surface area contributed by atoms with Crippen LogP contribution in [0.15, 0.2) is 65.7 Å². The molecule has 0 saturated carbocycles. The maximum absolute atomic E-state index is 15.0. The molecule has 0 N–H and O–H groups in total. The van der Waals surface area contributed by atoms with Crippen molar-refractivity contribution < 1.29 is 18.7 Å². The second-order valence-electron chi connectivity index (χ2n) is 12.8. The van der Waals surface area contributed by atoms with Crippen LogP contribution < -0.4 is 10.3 Å². The minimum Gasteiger partial charge on any atom is -0.490 e. The van der Waals surface area contributed by atoms with Crippen molar-refractivity contribution in [2.24, 2.45) is 5.92 Å². The van der Waals surface area contributed by atoms with Gasteiger partial charge in [0, 0.05) is 34.1 Å². The van der Waals surface area contributed by atoms with E-state index in [1.54, 1.807) is 21.9 Å². The van der Waals surface area contributed by atoms with Gasteiger partial charge in [0.05, 0.1) is 25.0 Å². The van der Waals surface area contributed by atoms with E-state index in [0.717, 1.165) is 49.8 Å². The van der Waals surface area contributed by atoms with Crippen LogP contribution in [0.5, 0.6) is 5.75 Å². The summed E-state index contributed by atoms with van der Waals surface area (Å²) in [5.74, 6) is 0.658. The molecule has 234 valence electrons. The normalized spacial score (nSPS) is 15.0. The molecule has 2 aromatic carbocycles. The number of aryl methyl sites for hydroxylation is 1. The zero-order valence-corrected chi connectivity index (χ0v) is 27.0. The number of fused-ring (bicyclic) bond motifs is 3. The van der Waals surface area contributed by atoms with Gasteiger partial charge in [0.25, 0.3) is 5.56 Å². The van der Waals surface area contributed by atoms with Crippen LogP contribution in [0, 0.1) is 18.7 Å². The van der Waals surface area contributed by atoms with Crippen LogP contribution in [0.25, 0.3) is 31.7 Å². The van der Waals surface area contributed by atoms with Gasteiger partial charge in [-0.2, -0.15) is 0 Å². The van der Waals surface area contributed by atoms with Crippen LogP contribution in [0.1, 0.15) is 57.7 Å². The Bertz CT molecular complexity index is 1920. The molecule has 1 amide bonds. The van der Waals surface area contributed by atoms with Crippen molar-refractivity contribution in [2.75, 3.05) is 19.7 Å². The number of aromatic nitrogens is 3. The Morgan fingerprint density at radius 2 is 1.80 bits per heavy atom. The average Bonchev–Trinajstić information content (AvgIpc) is 3.36. The van der Waals surface area contributed by atoms with Gasteiger partial charge in [-0.3, -0.25) is 9.36 Å². The van der Waals surface area contributed by atoms with Gasteiger partial charge in [-0.1, -0.05) is 29.8 Å². The molecule has 0 unspecified atom stereocenters. The maximum atomic E-state index is 15.0. The van der Waals surface area contributed by atoms with Crippen molar-refractivity contribution in [3.63, 3.8) is 0 Å². The number of carbonyl (C=O) groups excluding carboxylic acids is 1. The summed E-state index contributed by atoms with van der Waals surface area (Å²) in [5, 5.41) is 1.69. The third-order valence-electron chi connectivity index (χ3n) is 8.17. The lowest BCUT2D eigenvalue weighted by molar-refractivity contribution is 0.0165. The van der Waals surface area contributed by atoms with E-state index in [9.17, 15) is 14.0 Å². The number of nitrogens with zero attached hydrogens (tertiary/aromatic N) is 4. The largest absolute Gasteiger partial charge is 0.490 e. The van der Waals surface area contributed by atoms with E-state index in [4.69, 9.17) is 9.47 Å². The summed E-state index contributed by atoms with van der Waals surface area (Å²) in [7, 11) is 0. The number of hydrogen-bond donors (Lipinski definition) is 0. The number of piperidine rings is 1. The predicted octanol–water partition coefficient (Wildman–Crippen LogP) is 7.76. The van der Waals surface area contributed by atoms with Crippen LogP contribution >= 0.6 is 11.3 Å². The zero-order valence-electron chi connectivity index (χ0n) is 26.2. The summed E-state index contributed by atoms with van der Waals surface area (Å²) >= 11 is 1.50. The van der Waals surface area contributed by atoms with Crippen molar-refractivity contribution in [2.45, 2.75) is 59.1 Å². The van der Waals surface area contributed by atoms with Crippen LogP contribution in [-0.4, -0.2) is 50.8 Å². The van der Waals surface area contributed by atoms with Crippen molar-refractivity contribution in [3.05, 3.63) is 88.2 Å². The van der Waals surface area contributed by atoms with Gasteiger partial charge in [0.15, 0.2) is 17.4 Å². The molecule has 6 rings (SSSR count). The van der Waals surface area contributed by atoms with Crippen molar-refractivity contribution in [1.82, 2.24) is 19.4 Å². The summed E-state index contributed by atoms with van der Waals surface area (Å²) in [6, 6.07) is 14.7. The molecule has 0 bridgehead atoms. The Kier molecular flexibility index (Phi) is 8.35. The van der Waals surface area contributed by atoms with Gasteiger partial charge in [-0.05, 0) is 83.2 Å². The fourth-order valence-corrected chi connectivity index (χ4v) is 6.97. The van der Waals surface area contributed by atoms with E-state index in [2.05, 4.69) is 9.97 Å². The second kappa shape index (κ2) is 12.2. The van der Waals surface area contributed by atoms with Crippen molar-refractivity contribution >= 4 is 37.7 Å². The molecule has 1 fully saturated rings. The van der Waals surface area contributed by atoms with Gasteiger partial charge in [0.2, 0.25) is 0 Å². The van der Waals surface area contributed by atoms with E-state index in [1.165, 1.54) is 17.4 Å². The lowest BCUT2D eigenvalue weighted by atomic mass is 9.98. The third kappa shape index (κ3) is 6.56. The van der Waals surface area contributed by atoms with E-state index in [-0.39, 0.29) is 6.09 Å². The number of benzene rings is 2. The number of halogens is 1. The summed E-state index contributed by atoms with van der Waals surface area (Å²) in [6.07, 6.45) is 4.73. The first-order chi connectivity index (χ1) is 21.5. The molecule has 45 heavy (non-hydrogen) atoms. The third-order valence-corrected chi connectivity index (χ3v) is 9.36. The van der Waals surface area contributed by atoms with Crippen LogP contribution in [0.3, 0.4) is 0 Å². The van der Waals surface area contributed by atoms with Crippen molar-refractivity contribution in [1.29, 1.82) is 0 Å². The minimum absolute atomic E-state index is 0.268. The monoisotopic (exact) mass is 628 g/mol. The van der Waals surface area contributed by atoms with Gasteiger partial charge < -0.3 is 14.4 Å². The lowest BCUT2D eigenvalue weighted by Gasteiger charge is -2.33. The summed E-state index contributed by atoms with van der Waals surface area (Å²) in [4.78, 5) is 37.1. The molecule has 10 heteroatoms. The molecular formula is C35H37FN4O4S. The van der Waals surface area contributed by atoms with E-state index >= 15 is 0 Å². The molecule has 0 radical (unpaired) electrons. The van der Waals surface area contributed by atoms with E-state index in [0.29, 0.717) is 37.2 Å². The Labute approximate surface area is 265 Å². The van der Waals surface area contributed by atoms with Crippen LogP contribution in [0.4, 0.5) is 9.18 Å². The highest BCUT2D eigenvalue weighted by Gasteiger charge is 2.27. The average molecular weight is 629 g/mol. The number of hydrogen-bond acceptors (Lipinski definition) is 7. The Morgan fingerprint density at radius 3 is 2.51 bits per heavy atom. The number of rotatable bonds is 6. The second-order valence-corrected chi connectivity index (χ2v) is 13.8. The molecule has 8 nitrogen and oxygen atoms in total. The lowest BCUT2D eigenvalue weighted by Crippen LogP contribution is -2.42. The molecule has 1 aliphatic heterocycles. The van der Waals surface area contributed by atoms with Crippen LogP contribution in [-0.2, 0) is 4.74 Å². The number of pyridine rings is 1. The highest BCUT2D eigenvalue weighted by Crippen LogP contribution is 2.36. The number of ether oxygens (including phenoxy) is 2. The molecule has 0 spiro atoms. The summed E-state index contributed by atoms with van der Waals surface area (Å²) in [6.45, 7) is 11.3. The highest BCUT2D eigenvalue weighted by molar-refractivity contribution is 7.25. The van der Waals surface area contributed by atoms with Gasteiger partial charge >= 0.3 is 6.09 Å². The first kappa shape index (κ1) is 30.7. The predicted molar refractivity (Wildman–Crippen MR) is 176 cm³/mol. The smallest absolute Gasteiger partial charge is 0.410 e. The zero-order chi connectivity index (χ0) is 31.9. The van der Waals surface area contributed by atoms with Gasteiger partial charge in [-0.25, -0.2) is 19.2 Å². The Morgan fingerprint density at radius 1 is 1.07 bits per heavy atom. The fourth-order valence-electron chi connectivity index (χ4n) is 5.73. The SMILES string of the molecule is Cc1ccc2sc3c(cc(F)c(=O)n3[C@@H](C)c3cccc(-c4ncc(OCC5CCN(C(=O)OC(C)(C)C)CC5)cn4)c3)c2c1. The summed E-state index contributed by atoms with van der Waals surface area (Å²) in [5.41, 5.74) is 1.56. The Hall–Kier alpha value is -4.31. The molecule has 1 saturated heterocycles. The number of carbonyl (C=O) groups is 1. The van der Waals surface area contributed by atoms with Gasteiger partial charge in [0.1, 0.15) is 10.4 Å². The number of thiophene rings is 1. The van der Waals surface area contributed by atoms with E-state index in [1.807, 2.05) is 77.1 Å². The Balaban J connectivity index is 1.14. The van der Waals surface area contributed by atoms with Gasteiger partial charge in [-0.15, -0.1) is 11.3 Å². The first-order valence-electron chi connectivity index (χ1n) is 15.2. The van der Waals surface area contributed by atoms with Crippen molar-refractivity contribution in [3.8, 4) is 17.1 Å². The minimum atomic E-state index is -0.765. The molecule has 0 aliphatic carbocycles. The first-order valence-corrected chi connectivity index (χ1v) is 16.1. The molecule has 1 aliphatic rings. The quantitative estimate of drug-likeness (QED) is 0.191. The number of amides is 1. The molecule has 5 aromatic rings. The summed E-state index contributed by atoms with van der Waals surface area (Å²) < 4.78 is 29.0. The molecular weight excluding hydrogens is 591 g/mol. The molecule has 3 aromatic heterocycles. The standard InChI is InChI=1S/C35H37FN4O4S/c1-21-9-10-30-27(15-21)28-17-29(36)32(41)40(33(28)45-30)22(2)24-7-6-8-25(16-24)31-37-18-26(19-38-31)43-20-23-11-13-39(14-12-23)34(42)44-35(3,4)5/h6-10,15-19,22-23H,11-14,20H2,1-5H3/t22-/m0/s1. The maximum Gasteiger partial charge on any atom is 0.410 e. The topological polar surface area (TPSA) is 86.6 Å². The number of likely N-dealkylation sites (tertiary alicyclic amines) is 1. The fraction of sp³-hybridized carbons (Fsp3) is 0.371. The molecule has 1 atom stereocenters. The highest BCUT2D eigenvalue weighted by atomic mass is 32.1. The van der Waals surface area contributed by atoms with Crippen LogP contribution in [0.2, 0.25) is 0 Å². The molecule has 4 heterocycles. The van der Waals surface area contributed by atoms with E-state index < -0.39 is 23.0 Å².